The monoisotopic (exact) mass is 157 g/mol. The maximum Gasteiger partial charge on any atom is 0.0228 e. The maximum atomic E-state index is 5.40. The summed E-state index contributed by atoms with van der Waals surface area (Å²) in [5, 5.41) is 0.756. The van der Waals surface area contributed by atoms with Crippen molar-refractivity contribution >= 4 is 11.8 Å². The largest absolute Gasteiger partial charge is 0.330 e. The van der Waals surface area contributed by atoms with Gasteiger partial charge in [-0.3, -0.25) is 0 Å². The molecule has 0 amide bonds. The average Bonchev–Trinajstić information content (AvgIpc) is 2.31. The first-order valence-corrected chi connectivity index (χ1v) is 4.90. The minimum atomic E-state index is 0.756. The molecule has 1 fully saturated rings. The van der Waals surface area contributed by atoms with Crippen molar-refractivity contribution < 1.29 is 0 Å². The first kappa shape index (κ1) is 8.15. The van der Waals surface area contributed by atoms with Crippen LogP contribution in [0.1, 0.15) is 19.8 Å². The Hall–Kier alpha value is 0.0500. The standard InChI is InChI=1S/C8H15NS/c1-7-8(3-2-5-9)4-6-10-7/h3,7H,2,4-6,9H2,1H3/b8-3+. The predicted molar refractivity (Wildman–Crippen MR) is 48.3 cm³/mol. The van der Waals surface area contributed by atoms with E-state index in [9.17, 15) is 0 Å². The van der Waals surface area contributed by atoms with Crippen molar-refractivity contribution in [1.82, 2.24) is 0 Å². The Labute approximate surface area is 67.1 Å². The Bertz CT molecular complexity index is 131. The van der Waals surface area contributed by atoms with Crippen molar-refractivity contribution in [2.24, 2.45) is 5.73 Å². The van der Waals surface area contributed by atoms with Gasteiger partial charge in [0.25, 0.3) is 0 Å². The van der Waals surface area contributed by atoms with Crippen LogP contribution in [0.3, 0.4) is 0 Å². The zero-order chi connectivity index (χ0) is 7.40. The van der Waals surface area contributed by atoms with Gasteiger partial charge in [-0.15, -0.1) is 0 Å². The van der Waals surface area contributed by atoms with Crippen LogP contribution in [-0.4, -0.2) is 17.5 Å². The van der Waals surface area contributed by atoms with Gasteiger partial charge >= 0.3 is 0 Å². The van der Waals surface area contributed by atoms with E-state index in [1.165, 1.54) is 12.2 Å². The molecule has 0 aliphatic carbocycles. The lowest BCUT2D eigenvalue weighted by Crippen LogP contribution is -1.98. The van der Waals surface area contributed by atoms with Crippen LogP contribution in [0.5, 0.6) is 0 Å². The summed E-state index contributed by atoms with van der Waals surface area (Å²) >= 11 is 2.05. The summed E-state index contributed by atoms with van der Waals surface area (Å²) < 4.78 is 0. The normalized spacial score (nSPS) is 29.8. The number of hydrogen-bond acceptors (Lipinski definition) is 2. The van der Waals surface area contributed by atoms with Gasteiger partial charge in [-0.2, -0.15) is 11.8 Å². The summed E-state index contributed by atoms with van der Waals surface area (Å²) in [5.41, 5.74) is 7.01. The Kier molecular flexibility index (Phi) is 3.29. The fourth-order valence-electron chi connectivity index (χ4n) is 1.20. The number of rotatable bonds is 2. The highest BCUT2D eigenvalue weighted by Crippen LogP contribution is 2.30. The molecule has 1 nitrogen and oxygen atoms in total. The summed E-state index contributed by atoms with van der Waals surface area (Å²) in [6.45, 7) is 3.07. The van der Waals surface area contributed by atoms with Crippen molar-refractivity contribution in [3.05, 3.63) is 11.6 Å². The van der Waals surface area contributed by atoms with Crippen molar-refractivity contribution in [3.63, 3.8) is 0 Å². The van der Waals surface area contributed by atoms with Gasteiger partial charge in [0.1, 0.15) is 0 Å². The van der Waals surface area contributed by atoms with Gasteiger partial charge in [0.15, 0.2) is 0 Å². The molecule has 1 heterocycles. The number of hydrogen-bond donors (Lipinski definition) is 1. The zero-order valence-corrected chi connectivity index (χ0v) is 7.29. The highest BCUT2D eigenvalue weighted by atomic mass is 32.2. The van der Waals surface area contributed by atoms with E-state index in [2.05, 4.69) is 13.0 Å². The molecule has 0 radical (unpaired) electrons. The third kappa shape index (κ3) is 2.03. The second-order valence-electron chi connectivity index (χ2n) is 2.62. The topological polar surface area (TPSA) is 26.0 Å². The van der Waals surface area contributed by atoms with Gasteiger partial charge in [-0.25, -0.2) is 0 Å². The van der Waals surface area contributed by atoms with Gasteiger partial charge in [-0.1, -0.05) is 11.6 Å². The first-order valence-electron chi connectivity index (χ1n) is 3.85. The first-order chi connectivity index (χ1) is 4.84. The Morgan fingerprint density at radius 2 is 2.60 bits per heavy atom. The fraction of sp³-hybridized carbons (Fsp3) is 0.750. The lowest BCUT2D eigenvalue weighted by atomic mass is 10.1. The molecule has 2 heteroatoms. The van der Waals surface area contributed by atoms with E-state index in [0.29, 0.717) is 0 Å². The van der Waals surface area contributed by atoms with Crippen LogP contribution in [-0.2, 0) is 0 Å². The van der Waals surface area contributed by atoms with Crippen molar-refractivity contribution in [2.45, 2.75) is 25.0 Å². The molecule has 0 aromatic heterocycles. The summed E-state index contributed by atoms with van der Waals surface area (Å²) in [6.07, 6.45) is 4.65. The molecule has 0 bridgehead atoms. The van der Waals surface area contributed by atoms with Gasteiger partial charge in [0.2, 0.25) is 0 Å². The van der Waals surface area contributed by atoms with E-state index in [1.54, 1.807) is 5.57 Å². The second-order valence-corrected chi connectivity index (χ2v) is 4.07. The Morgan fingerprint density at radius 1 is 1.80 bits per heavy atom. The highest BCUT2D eigenvalue weighted by Gasteiger charge is 2.15. The summed E-state index contributed by atoms with van der Waals surface area (Å²) in [4.78, 5) is 0. The van der Waals surface area contributed by atoms with Crippen LogP contribution in [0.2, 0.25) is 0 Å². The average molecular weight is 157 g/mol. The van der Waals surface area contributed by atoms with Crippen LogP contribution in [0.25, 0.3) is 0 Å². The smallest absolute Gasteiger partial charge is 0.0228 e. The number of nitrogens with two attached hydrogens (primary N) is 1. The fourth-order valence-corrected chi connectivity index (χ4v) is 2.34. The summed E-state index contributed by atoms with van der Waals surface area (Å²) in [5.74, 6) is 1.30. The summed E-state index contributed by atoms with van der Waals surface area (Å²) in [6, 6.07) is 0. The third-order valence-corrected chi connectivity index (χ3v) is 3.10. The minimum absolute atomic E-state index is 0.756. The van der Waals surface area contributed by atoms with Crippen molar-refractivity contribution in [1.29, 1.82) is 0 Å². The molecule has 1 atom stereocenters. The van der Waals surface area contributed by atoms with Gasteiger partial charge < -0.3 is 5.73 Å². The quantitative estimate of drug-likeness (QED) is 0.618. The van der Waals surface area contributed by atoms with Crippen LogP contribution < -0.4 is 5.73 Å². The molecule has 0 spiro atoms. The molecule has 1 saturated heterocycles. The van der Waals surface area contributed by atoms with Gasteiger partial charge in [0, 0.05) is 5.25 Å². The van der Waals surface area contributed by atoms with E-state index in [1.807, 2.05) is 11.8 Å². The van der Waals surface area contributed by atoms with E-state index in [-0.39, 0.29) is 0 Å². The van der Waals surface area contributed by atoms with Crippen LogP contribution in [0, 0.1) is 0 Å². The SMILES string of the molecule is CC1SCC/C1=C\CCN. The number of thioether (sulfide) groups is 1. The van der Waals surface area contributed by atoms with Crippen molar-refractivity contribution in [2.75, 3.05) is 12.3 Å². The van der Waals surface area contributed by atoms with Gasteiger partial charge in [0.05, 0.1) is 0 Å². The molecular weight excluding hydrogens is 142 g/mol. The molecule has 58 valence electrons. The predicted octanol–water partition coefficient (Wildman–Crippen LogP) is 1.79. The van der Waals surface area contributed by atoms with Crippen LogP contribution >= 0.6 is 11.8 Å². The Balaban J connectivity index is 2.38. The lowest BCUT2D eigenvalue weighted by molar-refractivity contribution is 0.960. The second kappa shape index (κ2) is 4.04. The molecule has 0 saturated carbocycles. The molecule has 1 aliphatic heterocycles. The van der Waals surface area contributed by atoms with Crippen LogP contribution in [0.15, 0.2) is 11.6 Å². The molecule has 10 heavy (non-hydrogen) atoms. The zero-order valence-electron chi connectivity index (χ0n) is 6.47. The van der Waals surface area contributed by atoms with E-state index < -0.39 is 0 Å². The van der Waals surface area contributed by atoms with E-state index >= 15 is 0 Å². The molecule has 0 aromatic carbocycles. The van der Waals surface area contributed by atoms with Gasteiger partial charge in [-0.05, 0) is 32.1 Å². The molecule has 0 aromatic rings. The molecule has 1 rings (SSSR count). The summed E-state index contributed by atoms with van der Waals surface area (Å²) in [7, 11) is 0. The maximum absolute atomic E-state index is 5.40. The highest BCUT2D eigenvalue weighted by molar-refractivity contribution is 8.00. The third-order valence-electron chi connectivity index (χ3n) is 1.85. The Morgan fingerprint density at radius 3 is 3.10 bits per heavy atom. The molecule has 1 aliphatic rings. The minimum Gasteiger partial charge on any atom is -0.330 e. The lowest BCUT2D eigenvalue weighted by Gasteiger charge is -2.01. The van der Waals surface area contributed by atoms with E-state index in [0.717, 1.165) is 18.2 Å². The van der Waals surface area contributed by atoms with Crippen molar-refractivity contribution in [3.8, 4) is 0 Å². The molecule has 1 unspecified atom stereocenters. The molecular formula is C8H15NS. The van der Waals surface area contributed by atoms with E-state index in [4.69, 9.17) is 5.73 Å². The molecule has 2 N–H and O–H groups in total. The van der Waals surface area contributed by atoms with Crippen LogP contribution in [0.4, 0.5) is 0 Å².